The van der Waals surface area contributed by atoms with Gasteiger partial charge in [-0.3, -0.25) is 0 Å². The van der Waals surface area contributed by atoms with Crippen LogP contribution in [0.3, 0.4) is 0 Å². The molecule has 1 saturated heterocycles. The van der Waals surface area contributed by atoms with Crippen LogP contribution in [-0.4, -0.2) is 59.4 Å². The SMILES string of the molecule is Cc1cc(C)n(-c2cccc(CCCN3CCN(C)CC3)c2)n1.Cl. The van der Waals surface area contributed by atoms with Crippen molar-refractivity contribution in [3.8, 4) is 5.69 Å². The Kier molecular flexibility index (Phi) is 6.84. The Morgan fingerprint density at radius 2 is 1.79 bits per heavy atom. The molecule has 1 aromatic carbocycles. The monoisotopic (exact) mass is 348 g/mol. The van der Waals surface area contributed by atoms with E-state index in [2.05, 4.69) is 59.2 Å². The van der Waals surface area contributed by atoms with Crippen LogP contribution in [0.5, 0.6) is 0 Å². The molecule has 1 aromatic heterocycles. The van der Waals surface area contributed by atoms with Crippen molar-refractivity contribution >= 4 is 12.4 Å². The zero-order valence-corrected chi connectivity index (χ0v) is 15.9. The van der Waals surface area contributed by atoms with Crippen LogP contribution in [0.2, 0.25) is 0 Å². The Morgan fingerprint density at radius 3 is 2.46 bits per heavy atom. The Balaban J connectivity index is 0.00000208. The van der Waals surface area contributed by atoms with E-state index in [0.29, 0.717) is 0 Å². The van der Waals surface area contributed by atoms with Crippen molar-refractivity contribution in [3.63, 3.8) is 0 Å². The van der Waals surface area contributed by atoms with E-state index in [1.807, 2.05) is 11.6 Å². The van der Waals surface area contributed by atoms with Crippen LogP contribution in [0.4, 0.5) is 0 Å². The topological polar surface area (TPSA) is 24.3 Å². The van der Waals surface area contributed by atoms with E-state index in [1.54, 1.807) is 0 Å². The van der Waals surface area contributed by atoms with E-state index in [-0.39, 0.29) is 12.4 Å². The maximum atomic E-state index is 4.59. The van der Waals surface area contributed by atoms with Crippen LogP contribution in [0, 0.1) is 13.8 Å². The minimum absolute atomic E-state index is 0. The highest BCUT2D eigenvalue weighted by molar-refractivity contribution is 5.85. The quantitative estimate of drug-likeness (QED) is 0.829. The van der Waals surface area contributed by atoms with Gasteiger partial charge in [0.25, 0.3) is 0 Å². The second-order valence-electron chi connectivity index (χ2n) is 6.76. The lowest BCUT2D eigenvalue weighted by Crippen LogP contribution is -2.44. The molecular formula is C19H29ClN4. The lowest BCUT2D eigenvalue weighted by molar-refractivity contribution is 0.153. The molecule has 132 valence electrons. The third-order valence-electron chi connectivity index (χ3n) is 4.70. The van der Waals surface area contributed by atoms with Gasteiger partial charge in [-0.15, -0.1) is 12.4 Å². The van der Waals surface area contributed by atoms with Gasteiger partial charge in [-0.05, 0) is 64.0 Å². The smallest absolute Gasteiger partial charge is 0.0651 e. The van der Waals surface area contributed by atoms with Gasteiger partial charge >= 0.3 is 0 Å². The van der Waals surface area contributed by atoms with Crippen molar-refractivity contribution in [1.29, 1.82) is 0 Å². The number of nitrogens with zero attached hydrogens (tertiary/aromatic N) is 4. The Labute approximate surface area is 151 Å². The van der Waals surface area contributed by atoms with Gasteiger partial charge in [-0.1, -0.05) is 12.1 Å². The standard InChI is InChI=1S/C19H28N4.ClH/c1-16-14-17(2)23(20-16)19-8-4-6-18(15-19)7-5-9-22-12-10-21(3)11-13-22;/h4,6,8,14-15H,5,7,9-13H2,1-3H3;1H. The van der Waals surface area contributed by atoms with Gasteiger partial charge < -0.3 is 9.80 Å². The molecule has 24 heavy (non-hydrogen) atoms. The van der Waals surface area contributed by atoms with Gasteiger partial charge in [0.1, 0.15) is 0 Å². The van der Waals surface area contributed by atoms with Crippen LogP contribution in [-0.2, 0) is 6.42 Å². The molecule has 0 N–H and O–H groups in total. The molecule has 0 aliphatic carbocycles. The summed E-state index contributed by atoms with van der Waals surface area (Å²) < 4.78 is 2.04. The number of piperazine rings is 1. The highest BCUT2D eigenvalue weighted by atomic mass is 35.5. The average Bonchev–Trinajstić information content (AvgIpc) is 2.88. The molecule has 1 fully saturated rings. The zero-order chi connectivity index (χ0) is 16.2. The third-order valence-corrected chi connectivity index (χ3v) is 4.70. The first-order valence-corrected chi connectivity index (χ1v) is 8.65. The molecule has 0 amide bonds. The molecular weight excluding hydrogens is 320 g/mol. The van der Waals surface area contributed by atoms with Crippen LogP contribution in [0.1, 0.15) is 23.4 Å². The summed E-state index contributed by atoms with van der Waals surface area (Å²) in [7, 11) is 2.21. The fourth-order valence-corrected chi connectivity index (χ4v) is 3.31. The number of halogens is 1. The predicted octanol–water partition coefficient (Wildman–Crippen LogP) is 3.09. The molecule has 4 nitrogen and oxygen atoms in total. The predicted molar refractivity (Wildman–Crippen MR) is 103 cm³/mol. The summed E-state index contributed by atoms with van der Waals surface area (Å²) in [6, 6.07) is 10.9. The Hall–Kier alpha value is -1.36. The molecule has 0 bridgehead atoms. The van der Waals surface area contributed by atoms with Crippen LogP contribution in [0.25, 0.3) is 5.69 Å². The number of likely N-dealkylation sites (N-methyl/N-ethyl adjacent to an activating group) is 1. The largest absolute Gasteiger partial charge is 0.304 e. The highest BCUT2D eigenvalue weighted by Crippen LogP contribution is 2.15. The van der Waals surface area contributed by atoms with E-state index in [0.717, 1.165) is 12.1 Å². The van der Waals surface area contributed by atoms with Crippen molar-refractivity contribution in [2.45, 2.75) is 26.7 Å². The maximum absolute atomic E-state index is 4.59. The minimum atomic E-state index is 0. The van der Waals surface area contributed by atoms with E-state index in [4.69, 9.17) is 0 Å². The number of benzene rings is 1. The fraction of sp³-hybridized carbons (Fsp3) is 0.526. The second-order valence-corrected chi connectivity index (χ2v) is 6.76. The van der Waals surface area contributed by atoms with Crippen molar-refractivity contribution < 1.29 is 0 Å². The molecule has 5 heteroatoms. The maximum Gasteiger partial charge on any atom is 0.0651 e. The second kappa shape index (κ2) is 8.65. The summed E-state index contributed by atoms with van der Waals surface area (Å²) in [5.41, 5.74) is 4.84. The number of rotatable bonds is 5. The summed E-state index contributed by atoms with van der Waals surface area (Å²) >= 11 is 0. The number of aromatic nitrogens is 2. The van der Waals surface area contributed by atoms with Crippen molar-refractivity contribution in [2.75, 3.05) is 39.8 Å². The van der Waals surface area contributed by atoms with Gasteiger partial charge in [-0.25, -0.2) is 4.68 Å². The first kappa shape index (κ1) is 19.0. The molecule has 0 radical (unpaired) electrons. The third kappa shape index (κ3) is 4.82. The summed E-state index contributed by atoms with van der Waals surface area (Å²) in [5, 5.41) is 4.59. The molecule has 3 rings (SSSR count). The molecule has 0 unspecified atom stereocenters. The van der Waals surface area contributed by atoms with Gasteiger partial charge in [0.2, 0.25) is 0 Å². The van der Waals surface area contributed by atoms with Gasteiger partial charge in [0.15, 0.2) is 0 Å². The number of hydrogen-bond donors (Lipinski definition) is 0. The Morgan fingerprint density at radius 1 is 1.04 bits per heavy atom. The molecule has 0 atom stereocenters. The van der Waals surface area contributed by atoms with E-state index in [1.165, 1.54) is 56.1 Å². The van der Waals surface area contributed by atoms with E-state index in [9.17, 15) is 0 Å². The van der Waals surface area contributed by atoms with Gasteiger partial charge in [-0.2, -0.15) is 5.10 Å². The van der Waals surface area contributed by atoms with Crippen LogP contribution >= 0.6 is 12.4 Å². The van der Waals surface area contributed by atoms with Crippen LogP contribution in [0.15, 0.2) is 30.3 Å². The van der Waals surface area contributed by atoms with Crippen molar-refractivity contribution in [2.24, 2.45) is 0 Å². The molecule has 2 aromatic rings. The number of hydrogen-bond acceptors (Lipinski definition) is 3. The summed E-state index contributed by atoms with van der Waals surface area (Å²) in [6.45, 7) is 10.2. The molecule has 1 aliphatic rings. The van der Waals surface area contributed by atoms with Gasteiger partial charge in [0, 0.05) is 31.9 Å². The first-order valence-electron chi connectivity index (χ1n) is 8.65. The normalized spacial score (nSPS) is 16.1. The number of aryl methyl sites for hydroxylation is 3. The highest BCUT2D eigenvalue weighted by Gasteiger charge is 2.13. The minimum Gasteiger partial charge on any atom is -0.304 e. The summed E-state index contributed by atoms with van der Waals surface area (Å²) in [6.07, 6.45) is 2.36. The van der Waals surface area contributed by atoms with Crippen molar-refractivity contribution in [1.82, 2.24) is 19.6 Å². The molecule has 1 aliphatic heterocycles. The average molecular weight is 349 g/mol. The van der Waals surface area contributed by atoms with E-state index < -0.39 is 0 Å². The molecule has 2 heterocycles. The van der Waals surface area contributed by atoms with Crippen LogP contribution < -0.4 is 0 Å². The Bertz CT molecular complexity index is 645. The van der Waals surface area contributed by atoms with Crippen molar-refractivity contribution in [3.05, 3.63) is 47.3 Å². The van der Waals surface area contributed by atoms with Gasteiger partial charge in [0.05, 0.1) is 11.4 Å². The zero-order valence-electron chi connectivity index (χ0n) is 15.0. The fourth-order valence-electron chi connectivity index (χ4n) is 3.31. The van der Waals surface area contributed by atoms with E-state index >= 15 is 0 Å². The summed E-state index contributed by atoms with van der Waals surface area (Å²) in [5.74, 6) is 0. The lowest BCUT2D eigenvalue weighted by atomic mass is 10.1. The molecule has 0 saturated carbocycles. The first-order chi connectivity index (χ1) is 11.1. The summed E-state index contributed by atoms with van der Waals surface area (Å²) in [4.78, 5) is 5.00. The molecule has 0 spiro atoms. The lowest BCUT2D eigenvalue weighted by Gasteiger charge is -2.32.